The topological polar surface area (TPSA) is 118 Å². The van der Waals surface area contributed by atoms with Gasteiger partial charge in [-0.15, -0.1) is 0 Å². The largest absolute Gasteiger partial charge is 0.508 e. The fourth-order valence-corrected chi connectivity index (χ4v) is 3.69. The Morgan fingerprint density at radius 1 is 0.943 bits per heavy atom. The van der Waals surface area contributed by atoms with Gasteiger partial charge in [-0.3, -0.25) is 0 Å². The average molecular weight is 468 g/mol. The number of ether oxygens (including phenoxy) is 1. The molecule has 5 aromatic rings. The number of nitrogens with one attached hydrogen (secondary N) is 2. The van der Waals surface area contributed by atoms with E-state index in [1.54, 1.807) is 24.3 Å². The molecule has 0 atom stereocenters. The number of phenols is 1. The third kappa shape index (κ3) is 3.97. The predicted octanol–water partition coefficient (Wildman–Crippen LogP) is 5.42. The van der Waals surface area contributed by atoms with E-state index in [1.165, 1.54) is 6.07 Å². The van der Waals surface area contributed by atoms with Crippen molar-refractivity contribution in [3.63, 3.8) is 0 Å². The number of hydrogen-bond acceptors (Lipinski definition) is 9. The molecule has 0 saturated carbocycles. The number of aromatic hydroxyl groups is 1. The van der Waals surface area contributed by atoms with Gasteiger partial charge < -0.3 is 25.0 Å². The summed E-state index contributed by atoms with van der Waals surface area (Å²) < 4.78 is 25.6. The van der Waals surface area contributed by atoms with Gasteiger partial charge in [0.25, 0.3) is 5.89 Å². The molecule has 0 amide bonds. The fourth-order valence-electron chi connectivity index (χ4n) is 3.69. The lowest BCUT2D eigenvalue weighted by Crippen LogP contribution is -2.14. The number of anilines is 4. The Kier molecular flexibility index (Phi) is 4.95. The van der Waals surface area contributed by atoms with Gasteiger partial charge in [0, 0.05) is 22.9 Å². The molecule has 0 bridgehead atoms. The van der Waals surface area contributed by atoms with Gasteiger partial charge in [-0.1, -0.05) is 41.6 Å². The maximum absolute atomic E-state index is 14.5. The molecule has 3 heterocycles. The normalized spacial score (nSPS) is 11.8. The molecule has 2 aromatic heterocycles. The van der Waals surface area contributed by atoms with Gasteiger partial charge in [0.05, 0.1) is 17.4 Å². The zero-order chi connectivity index (χ0) is 23.8. The second-order valence-electron chi connectivity index (χ2n) is 7.74. The minimum Gasteiger partial charge on any atom is -0.508 e. The van der Waals surface area contributed by atoms with Gasteiger partial charge in [0.2, 0.25) is 11.8 Å². The van der Waals surface area contributed by atoms with Crippen LogP contribution in [0.3, 0.4) is 0 Å². The highest BCUT2D eigenvalue weighted by Gasteiger charge is 2.27. The first-order valence-electron chi connectivity index (χ1n) is 10.7. The molecule has 0 aliphatic carbocycles. The van der Waals surface area contributed by atoms with Crippen LogP contribution in [0.5, 0.6) is 11.5 Å². The van der Waals surface area contributed by atoms with Crippen LogP contribution in [0.15, 0.2) is 77.4 Å². The van der Waals surface area contributed by atoms with Crippen LogP contribution >= 0.6 is 0 Å². The van der Waals surface area contributed by atoms with E-state index in [2.05, 4.69) is 30.7 Å². The van der Waals surface area contributed by atoms with E-state index in [0.717, 1.165) is 22.9 Å². The van der Waals surface area contributed by atoms with Crippen molar-refractivity contribution in [1.29, 1.82) is 0 Å². The molecule has 0 fully saturated rings. The smallest absolute Gasteiger partial charge is 0.258 e. The van der Waals surface area contributed by atoms with Gasteiger partial charge in [0.15, 0.2) is 17.4 Å². The lowest BCUT2D eigenvalue weighted by molar-refractivity contribution is 0.245. The number of aromatic nitrogens is 4. The number of phenolic OH excluding ortho intramolecular Hbond substituents is 1. The molecule has 0 spiro atoms. The summed E-state index contributed by atoms with van der Waals surface area (Å²) in [5.74, 6) is 1.01. The maximum Gasteiger partial charge on any atom is 0.258 e. The van der Waals surface area contributed by atoms with Gasteiger partial charge in [-0.05, 0) is 24.3 Å². The van der Waals surface area contributed by atoms with Crippen LogP contribution in [0.4, 0.5) is 27.5 Å². The van der Waals surface area contributed by atoms with E-state index in [4.69, 9.17) is 9.26 Å². The van der Waals surface area contributed by atoms with Gasteiger partial charge >= 0.3 is 0 Å². The van der Waals surface area contributed by atoms with E-state index < -0.39 is 5.82 Å². The molecule has 3 aromatic carbocycles. The molecule has 1 aliphatic heterocycles. The number of halogens is 1. The summed E-state index contributed by atoms with van der Waals surface area (Å²) in [5, 5.41) is 19.6. The second-order valence-corrected chi connectivity index (χ2v) is 7.74. The summed E-state index contributed by atoms with van der Waals surface area (Å²) >= 11 is 0. The van der Waals surface area contributed by atoms with Crippen molar-refractivity contribution in [2.24, 2.45) is 0 Å². The third-order valence-corrected chi connectivity index (χ3v) is 5.41. The number of fused-ring (bicyclic) bond motifs is 1. The van der Waals surface area contributed by atoms with Crippen LogP contribution in [0.25, 0.3) is 22.8 Å². The van der Waals surface area contributed by atoms with Gasteiger partial charge in [0.1, 0.15) is 12.4 Å². The molecule has 0 unspecified atom stereocenters. The zero-order valence-electron chi connectivity index (χ0n) is 18.1. The predicted molar refractivity (Wildman–Crippen MR) is 126 cm³/mol. The molecular weight excluding hydrogens is 451 g/mol. The van der Waals surface area contributed by atoms with Crippen molar-refractivity contribution in [1.82, 2.24) is 20.1 Å². The first kappa shape index (κ1) is 20.6. The molecule has 0 radical (unpaired) electrons. The SMILES string of the molecule is Oc1cccc(Nc2ncc(F)c(Nc3ccc(-c4nc(-c5ccccc5)no4)c4c3OC4)n2)c1. The molecule has 9 nitrogen and oxygen atoms in total. The molecule has 1 aliphatic rings. The van der Waals surface area contributed by atoms with E-state index in [0.29, 0.717) is 35.4 Å². The monoisotopic (exact) mass is 468 g/mol. The number of nitrogens with zero attached hydrogens (tertiary/aromatic N) is 4. The van der Waals surface area contributed by atoms with Crippen molar-refractivity contribution < 1.29 is 18.8 Å². The Hall–Kier alpha value is -4.99. The lowest BCUT2D eigenvalue weighted by Gasteiger charge is -2.25. The highest BCUT2D eigenvalue weighted by molar-refractivity contribution is 5.77. The molecule has 6 rings (SSSR count). The number of hydrogen-bond donors (Lipinski definition) is 3. The highest BCUT2D eigenvalue weighted by atomic mass is 19.1. The maximum atomic E-state index is 14.5. The van der Waals surface area contributed by atoms with Crippen molar-refractivity contribution in [3.05, 3.63) is 84.3 Å². The number of benzene rings is 3. The van der Waals surface area contributed by atoms with Crippen molar-refractivity contribution in [2.45, 2.75) is 6.61 Å². The van der Waals surface area contributed by atoms with Crippen LogP contribution in [-0.4, -0.2) is 25.2 Å². The van der Waals surface area contributed by atoms with Crippen LogP contribution in [0, 0.1) is 5.82 Å². The highest BCUT2D eigenvalue weighted by Crippen LogP contribution is 2.44. The van der Waals surface area contributed by atoms with Crippen molar-refractivity contribution in [2.75, 3.05) is 10.6 Å². The minimum absolute atomic E-state index is 0.0303. The van der Waals surface area contributed by atoms with Crippen molar-refractivity contribution >= 4 is 23.1 Å². The van der Waals surface area contributed by atoms with E-state index in [-0.39, 0.29) is 17.5 Å². The Labute approximate surface area is 198 Å². The third-order valence-electron chi connectivity index (χ3n) is 5.41. The first-order chi connectivity index (χ1) is 17.1. The molecule has 3 N–H and O–H groups in total. The fraction of sp³-hybridized carbons (Fsp3) is 0.0400. The summed E-state index contributed by atoms with van der Waals surface area (Å²) in [6.07, 6.45) is 1.06. The molecular formula is C25H17FN6O3. The Balaban J connectivity index is 1.26. The van der Waals surface area contributed by atoms with Crippen molar-refractivity contribution in [3.8, 4) is 34.3 Å². The summed E-state index contributed by atoms with van der Waals surface area (Å²) in [7, 11) is 0. The lowest BCUT2D eigenvalue weighted by atomic mass is 10.0. The Bertz CT molecular complexity index is 1540. The summed E-state index contributed by atoms with van der Waals surface area (Å²) in [4.78, 5) is 12.7. The number of rotatable bonds is 6. The van der Waals surface area contributed by atoms with E-state index >= 15 is 0 Å². The van der Waals surface area contributed by atoms with Crippen LogP contribution < -0.4 is 15.4 Å². The standard InChI is InChI=1S/C25H17FN6O3/c26-19-12-27-25(28-15-7-4-8-16(33)11-15)31-23(19)29-20-10-9-17(18-13-34-21(18)20)24-30-22(32-35-24)14-5-2-1-3-6-14/h1-12,33H,13H2,(H2,27,28,29,31). The summed E-state index contributed by atoms with van der Waals surface area (Å²) in [6.45, 7) is 0.361. The van der Waals surface area contributed by atoms with Gasteiger partial charge in [-0.2, -0.15) is 9.97 Å². The molecule has 0 saturated heterocycles. The van der Waals surface area contributed by atoms with Gasteiger partial charge in [-0.25, -0.2) is 9.37 Å². The second kappa shape index (κ2) is 8.41. The molecule has 172 valence electrons. The minimum atomic E-state index is -0.631. The molecule has 35 heavy (non-hydrogen) atoms. The quantitative estimate of drug-likeness (QED) is 0.300. The van der Waals surface area contributed by atoms with Crippen LogP contribution in [0.2, 0.25) is 0 Å². The zero-order valence-corrected chi connectivity index (χ0v) is 18.1. The van der Waals surface area contributed by atoms with Crippen LogP contribution in [0.1, 0.15) is 5.56 Å². The molecule has 10 heteroatoms. The summed E-state index contributed by atoms with van der Waals surface area (Å²) in [5.41, 5.74) is 3.57. The Morgan fingerprint density at radius 2 is 1.83 bits per heavy atom. The van der Waals surface area contributed by atoms with E-state index in [9.17, 15) is 9.50 Å². The first-order valence-corrected chi connectivity index (χ1v) is 10.7. The summed E-state index contributed by atoms with van der Waals surface area (Å²) in [6, 6.07) is 19.6. The van der Waals surface area contributed by atoms with Crippen LogP contribution in [-0.2, 0) is 6.61 Å². The Morgan fingerprint density at radius 3 is 2.63 bits per heavy atom. The average Bonchev–Trinajstić information content (AvgIpc) is 3.33. The van der Waals surface area contributed by atoms with E-state index in [1.807, 2.05) is 36.4 Å².